The highest BCUT2D eigenvalue weighted by Gasteiger charge is 2.49. The number of carbonyl (C=O) groups is 1. The second-order valence-electron chi connectivity index (χ2n) is 4.34. The molecule has 0 aromatic heterocycles. The molecule has 14 heavy (non-hydrogen) atoms. The van der Waals surface area contributed by atoms with Gasteiger partial charge in [-0.3, -0.25) is 4.79 Å². The molecule has 0 radical (unpaired) electrons. The third-order valence-electron chi connectivity index (χ3n) is 3.62. The lowest BCUT2D eigenvalue weighted by Crippen LogP contribution is -2.17. The van der Waals surface area contributed by atoms with Gasteiger partial charge in [-0.25, -0.2) is 0 Å². The number of alkyl halides is 1. The Morgan fingerprint density at radius 3 is 2.57 bits per heavy atom. The number of ether oxygens (including phenoxy) is 1. The summed E-state index contributed by atoms with van der Waals surface area (Å²) in [6.07, 6.45) is 1.87. The van der Waals surface area contributed by atoms with Crippen molar-refractivity contribution in [3.63, 3.8) is 0 Å². The Kier molecular flexibility index (Phi) is 2.71. The van der Waals surface area contributed by atoms with Crippen molar-refractivity contribution >= 4 is 17.6 Å². The molecule has 2 aliphatic rings. The van der Waals surface area contributed by atoms with E-state index in [0.717, 1.165) is 12.8 Å². The molecule has 2 rings (SSSR count). The fraction of sp³-hybridized carbons (Fsp3) is 0.900. The van der Waals surface area contributed by atoms with Crippen LogP contribution in [0.25, 0.3) is 0 Å². The van der Waals surface area contributed by atoms with Crippen molar-refractivity contribution in [3.05, 3.63) is 0 Å². The molecule has 80 valence electrons. The van der Waals surface area contributed by atoms with Crippen molar-refractivity contribution in [2.24, 2.45) is 17.8 Å². The minimum Gasteiger partial charge on any atom is -0.469 e. The van der Waals surface area contributed by atoms with Crippen LogP contribution in [0.5, 0.6) is 0 Å². The van der Waals surface area contributed by atoms with E-state index in [-0.39, 0.29) is 29.3 Å². The van der Waals surface area contributed by atoms with E-state index < -0.39 is 0 Å². The van der Waals surface area contributed by atoms with E-state index in [1.165, 1.54) is 7.11 Å². The van der Waals surface area contributed by atoms with Crippen LogP contribution in [0.15, 0.2) is 0 Å². The first-order chi connectivity index (χ1) is 6.63. The van der Waals surface area contributed by atoms with Gasteiger partial charge in [0.2, 0.25) is 0 Å². The Balaban J connectivity index is 2.04. The highest BCUT2D eigenvalue weighted by atomic mass is 35.5. The molecule has 1 N–H and O–H groups in total. The number of aliphatic hydroxyl groups is 1. The maximum atomic E-state index is 11.3. The lowest BCUT2D eigenvalue weighted by Gasteiger charge is -2.11. The summed E-state index contributed by atoms with van der Waals surface area (Å²) < 4.78 is 4.71. The summed E-state index contributed by atoms with van der Waals surface area (Å²) in [5, 5.41) is 9.74. The van der Waals surface area contributed by atoms with E-state index in [2.05, 4.69) is 0 Å². The molecule has 0 heterocycles. The third kappa shape index (κ3) is 1.52. The van der Waals surface area contributed by atoms with E-state index in [1.807, 2.05) is 0 Å². The summed E-state index contributed by atoms with van der Waals surface area (Å²) in [6.45, 7) is 0. The number of esters is 1. The lowest BCUT2D eigenvalue weighted by atomic mass is 9.99. The quantitative estimate of drug-likeness (QED) is 0.531. The number of hydrogen-bond donors (Lipinski definition) is 1. The van der Waals surface area contributed by atoms with Crippen molar-refractivity contribution in [2.45, 2.75) is 30.7 Å². The molecular formula is C10H15ClO3. The van der Waals surface area contributed by atoms with Gasteiger partial charge in [0.15, 0.2) is 0 Å². The van der Waals surface area contributed by atoms with Crippen LogP contribution in [0.3, 0.4) is 0 Å². The average Bonchev–Trinajstić information content (AvgIpc) is 2.69. The number of hydrogen-bond acceptors (Lipinski definition) is 3. The molecule has 5 atom stereocenters. The maximum Gasteiger partial charge on any atom is 0.308 e. The van der Waals surface area contributed by atoms with Crippen molar-refractivity contribution in [3.8, 4) is 0 Å². The lowest BCUT2D eigenvalue weighted by molar-refractivity contribution is -0.145. The number of halogens is 1. The highest BCUT2D eigenvalue weighted by molar-refractivity contribution is 6.21. The maximum absolute atomic E-state index is 11.3. The van der Waals surface area contributed by atoms with Gasteiger partial charge in [-0.1, -0.05) is 0 Å². The van der Waals surface area contributed by atoms with Gasteiger partial charge in [0.1, 0.15) is 0 Å². The molecule has 0 aromatic rings. The van der Waals surface area contributed by atoms with Gasteiger partial charge in [0.25, 0.3) is 0 Å². The zero-order chi connectivity index (χ0) is 10.3. The minimum atomic E-state index is -0.322. The molecule has 5 unspecified atom stereocenters. The Labute approximate surface area is 88.4 Å². The fourth-order valence-corrected chi connectivity index (χ4v) is 3.37. The van der Waals surface area contributed by atoms with Crippen LogP contribution in [-0.2, 0) is 9.53 Å². The Hall–Kier alpha value is -0.280. The van der Waals surface area contributed by atoms with Crippen LogP contribution < -0.4 is 0 Å². The standard InChI is InChI=1S/C10H15ClO3/c1-14-10(13)5-2-6-7(3-5)9(12)4-8(6)11/h5-9,12H,2-4H2,1H3. The van der Waals surface area contributed by atoms with Crippen molar-refractivity contribution in [2.75, 3.05) is 7.11 Å². The summed E-state index contributed by atoms with van der Waals surface area (Å²) in [6, 6.07) is 0. The Morgan fingerprint density at radius 1 is 1.36 bits per heavy atom. The number of fused-ring (bicyclic) bond motifs is 1. The van der Waals surface area contributed by atoms with Gasteiger partial charge < -0.3 is 9.84 Å². The van der Waals surface area contributed by atoms with Crippen molar-refractivity contribution in [1.29, 1.82) is 0 Å². The monoisotopic (exact) mass is 218 g/mol. The van der Waals surface area contributed by atoms with Crippen LogP contribution in [0.2, 0.25) is 0 Å². The zero-order valence-corrected chi connectivity index (χ0v) is 8.91. The Bertz CT molecular complexity index is 228. The third-order valence-corrected chi connectivity index (χ3v) is 4.13. The van der Waals surface area contributed by atoms with Gasteiger partial charge in [0, 0.05) is 5.38 Å². The van der Waals surface area contributed by atoms with Crippen LogP contribution >= 0.6 is 11.6 Å². The van der Waals surface area contributed by atoms with Gasteiger partial charge in [0.05, 0.1) is 19.1 Å². The molecule has 0 saturated heterocycles. The molecule has 0 bridgehead atoms. The molecule has 0 aromatic carbocycles. The largest absolute Gasteiger partial charge is 0.469 e. The number of carbonyl (C=O) groups excluding carboxylic acids is 1. The predicted molar refractivity (Wildman–Crippen MR) is 52.0 cm³/mol. The first-order valence-corrected chi connectivity index (χ1v) is 5.47. The van der Waals surface area contributed by atoms with Crippen LogP contribution in [-0.4, -0.2) is 29.7 Å². The van der Waals surface area contributed by atoms with Gasteiger partial charge in [-0.05, 0) is 31.1 Å². The predicted octanol–water partition coefficient (Wildman–Crippen LogP) is 1.17. The Morgan fingerprint density at radius 2 is 2.00 bits per heavy atom. The molecule has 2 aliphatic carbocycles. The molecule has 0 amide bonds. The summed E-state index contributed by atoms with van der Waals surface area (Å²) in [5.41, 5.74) is 0. The number of aliphatic hydroxyl groups excluding tert-OH is 1. The molecule has 2 saturated carbocycles. The second-order valence-corrected chi connectivity index (χ2v) is 4.90. The van der Waals surface area contributed by atoms with Crippen LogP contribution in [0.1, 0.15) is 19.3 Å². The van der Waals surface area contributed by atoms with Crippen LogP contribution in [0, 0.1) is 17.8 Å². The first kappa shape index (κ1) is 10.2. The summed E-state index contributed by atoms with van der Waals surface area (Å²) in [7, 11) is 1.41. The summed E-state index contributed by atoms with van der Waals surface area (Å²) in [5.74, 6) is 0.305. The zero-order valence-electron chi connectivity index (χ0n) is 8.15. The van der Waals surface area contributed by atoms with E-state index >= 15 is 0 Å². The molecule has 4 heteroatoms. The first-order valence-electron chi connectivity index (χ1n) is 5.03. The second kappa shape index (κ2) is 3.70. The summed E-state index contributed by atoms with van der Waals surface area (Å²) >= 11 is 6.11. The summed E-state index contributed by atoms with van der Waals surface area (Å²) in [4.78, 5) is 11.3. The normalized spacial score (nSPS) is 46.4. The van der Waals surface area contributed by atoms with E-state index in [9.17, 15) is 9.90 Å². The molecule has 3 nitrogen and oxygen atoms in total. The van der Waals surface area contributed by atoms with Crippen molar-refractivity contribution < 1.29 is 14.6 Å². The van der Waals surface area contributed by atoms with Crippen LogP contribution in [0.4, 0.5) is 0 Å². The molecule has 0 aliphatic heterocycles. The number of methoxy groups -OCH3 is 1. The fourth-order valence-electron chi connectivity index (χ4n) is 2.90. The van der Waals surface area contributed by atoms with E-state index in [4.69, 9.17) is 16.3 Å². The smallest absolute Gasteiger partial charge is 0.308 e. The topological polar surface area (TPSA) is 46.5 Å². The van der Waals surface area contributed by atoms with Gasteiger partial charge in [-0.2, -0.15) is 0 Å². The molecule has 2 fully saturated rings. The average molecular weight is 219 g/mol. The number of rotatable bonds is 1. The minimum absolute atomic E-state index is 0.0321. The van der Waals surface area contributed by atoms with Crippen molar-refractivity contribution in [1.82, 2.24) is 0 Å². The van der Waals surface area contributed by atoms with Gasteiger partial charge in [-0.15, -0.1) is 11.6 Å². The van der Waals surface area contributed by atoms with Gasteiger partial charge >= 0.3 is 5.97 Å². The van der Waals surface area contributed by atoms with E-state index in [1.54, 1.807) is 0 Å². The van der Waals surface area contributed by atoms with E-state index in [0.29, 0.717) is 12.3 Å². The molecular weight excluding hydrogens is 204 g/mol. The SMILES string of the molecule is COC(=O)C1CC2C(O)CC(Cl)C2C1. The highest BCUT2D eigenvalue weighted by Crippen LogP contribution is 2.49. The molecule has 0 spiro atoms.